The van der Waals surface area contributed by atoms with Crippen LogP contribution in [0.15, 0.2) is 6.07 Å². The molecule has 0 saturated carbocycles. The van der Waals surface area contributed by atoms with Crippen molar-refractivity contribution in [2.75, 3.05) is 38.5 Å². The molecule has 3 heterocycles. The molecule has 0 aromatic carbocycles. The monoisotopic (exact) mass is 263 g/mol. The summed E-state index contributed by atoms with van der Waals surface area (Å²) in [6.07, 6.45) is 2.69. The molecule has 2 atom stereocenters. The van der Waals surface area contributed by atoms with Crippen LogP contribution in [0.4, 0.5) is 5.82 Å². The lowest BCUT2D eigenvalue weighted by atomic mass is 10.1. The highest BCUT2D eigenvalue weighted by Gasteiger charge is 2.22. The highest BCUT2D eigenvalue weighted by atomic mass is 15.3. The summed E-state index contributed by atoms with van der Waals surface area (Å²) in [5.41, 5.74) is 1.10. The van der Waals surface area contributed by atoms with E-state index >= 15 is 0 Å². The zero-order valence-electron chi connectivity index (χ0n) is 12.0. The zero-order valence-corrected chi connectivity index (χ0v) is 12.0. The molecule has 5 heteroatoms. The largest absolute Gasteiger partial charge is 0.370 e. The highest BCUT2D eigenvalue weighted by Crippen LogP contribution is 2.18. The van der Waals surface area contributed by atoms with E-state index in [-0.39, 0.29) is 0 Å². The highest BCUT2D eigenvalue weighted by molar-refractivity contribution is 5.38. The lowest BCUT2D eigenvalue weighted by molar-refractivity contribution is 0.290. The summed E-state index contributed by atoms with van der Waals surface area (Å²) < 4.78 is 2.10. The van der Waals surface area contributed by atoms with Gasteiger partial charge in [-0.1, -0.05) is 0 Å². The molecule has 2 unspecified atom stereocenters. The molecule has 0 radical (unpaired) electrons. The first-order chi connectivity index (χ1) is 9.22. The summed E-state index contributed by atoms with van der Waals surface area (Å²) in [4.78, 5) is 2.47. The molecular formula is C14H25N5. The summed E-state index contributed by atoms with van der Waals surface area (Å²) in [6, 6.07) is 2.86. The minimum Gasteiger partial charge on any atom is -0.370 e. The fraction of sp³-hybridized carbons (Fsp3) is 0.786. The van der Waals surface area contributed by atoms with E-state index in [0.717, 1.165) is 37.9 Å². The van der Waals surface area contributed by atoms with Gasteiger partial charge in [-0.05, 0) is 33.4 Å². The predicted octanol–water partition coefficient (Wildman–Crippen LogP) is 0.917. The number of hydrogen-bond acceptors (Lipinski definition) is 4. The predicted molar refractivity (Wildman–Crippen MR) is 77.5 cm³/mol. The summed E-state index contributed by atoms with van der Waals surface area (Å²) in [6.45, 7) is 7.60. The van der Waals surface area contributed by atoms with Gasteiger partial charge in [0.2, 0.25) is 0 Å². The van der Waals surface area contributed by atoms with Crippen LogP contribution in [0.5, 0.6) is 0 Å². The van der Waals surface area contributed by atoms with Gasteiger partial charge in [-0.15, -0.1) is 0 Å². The van der Waals surface area contributed by atoms with Crippen molar-refractivity contribution in [2.24, 2.45) is 5.92 Å². The van der Waals surface area contributed by atoms with E-state index in [9.17, 15) is 0 Å². The minimum absolute atomic E-state index is 0.638. The van der Waals surface area contributed by atoms with Crippen LogP contribution in [0.3, 0.4) is 0 Å². The quantitative estimate of drug-likeness (QED) is 0.848. The average Bonchev–Trinajstić information content (AvgIpc) is 2.94. The van der Waals surface area contributed by atoms with Gasteiger partial charge in [-0.25, -0.2) is 4.68 Å². The Hall–Kier alpha value is -1.07. The molecule has 1 aromatic rings. The first-order valence-electron chi connectivity index (χ1n) is 7.41. The first-order valence-corrected chi connectivity index (χ1v) is 7.41. The van der Waals surface area contributed by atoms with Gasteiger partial charge >= 0.3 is 0 Å². The van der Waals surface area contributed by atoms with Crippen molar-refractivity contribution in [1.82, 2.24) is 20.0 Å². The van der Waals surface area contributed by atoms with Gasteiger partial charge in [0, 0.05) is 44.2 Å². The van der Waals surface area contributed by atoms with E-state index in [1.54, 1.807) is 0 Å². The summed E-state index contributed by atoms with van der Waals surface area (Å²) in [5.74, 6) is 1.81. The Morgan fingerprint density at radius 2 is 2.37 bits per heavy atom. The van der Waals surface area contributed by atoms with Crippen molar-refractivity contribution in [3.05, 3.63) is 11.8 Å². The van der Waals surface area contributed by atoms with Crippen LogP contribution in [0.25, 0.3) is 0 Å². The third kappa shape index (κ3) is 2.92. The molecule has 1 saturated heterocycles. The van der Waals surface area contributed by atoms with E-state index in [1.165, 1.54) is 25.2 Å². The molecule has 1 aromatic heterocycles. The lowest BCUT2D eigenvalue weighted by Crippen LogP contribution is -2.40. The zero-order chi connectivity index (χ0) is 13.2. The second-order valence-electron chi connectivity index (χ2n) is 6.03. The van der Waals surface area contributed by atoms with E-state index in [2.05, 4.69) is 45.4 Å². The third-order valence-corrected chi connectivity index (χ3v) is 4.39. The molecule has 1 fully saturated rings. The summed E-state index contributed by atoms with van der Waals surface area (Å²) in [5, 5.41) is 11.6. The van der Waals surface area contributed by atoms with Gasteiger partial charge in [0.25, 0.3) is 0 Å². The number of aryl methyl sites for hydroxylation is 1. The number of fused-ring (bicyclic) bond motifs is 1. The molecule has 106 valence electrons. The van der Waals surface area contributed by atoms with Crippen LogP contribution < -0.4 is 10.6 Å². The second-order valence-corrected chi connectivity index (χ2v) is 6.03. The lowest BCUT2D eigenvalue weighted by Gasteiger charge is -2.26. The second kappa shape index (κ2) is 5.51. The third-order valence-electron chi connectivity index (χ3n) is 4.39. The van der Waals surface area contributed by atoms with Crippen LogP contribution in [-0.2, 0) is 6.54 Å². The summed E-state index contributed by atoms with van der Waals surface area (Å²) >= 11 is 0. The van der Waals surface area contributed by atoms with Crippen LogP contribution in [-0.4, -0.2) is 53.9 Å². The van der Waals surface area contributed by atoms with Crippen molar-refractivity contribution >= 4 is 5.82 Å². The Morgan fingerprint density at radius 1 is 1.47 bits per heavy atom. The van der Waals surface area contributed by atoms with Crippen LogP contribution >= 0.6 is 0 Å². The molecule has 0 amide bonds. The Bertz CT molecular complexity index is 427. The van der Waals surface area contributed by atoms with Crippen LogP contribution in [0.1, 0.15) is 18.5 Å². The van der Waals surface area contributed by atoms with Gasteiger partial charge in [0.15, 0.2) is 0 Å². The van der Waals surface area contributed by atoms with Gasteiger partial charge in [0.05, 0.1) is 5.69 Å². The van der Waals surface area contributed by atoms with Gasteiger partial charge in [0.1, 0.15) is 5.82 Å². The Kier molecular flexibility index (Phi) is 3.75. The van der Waals surface area contributed by atoms with Gasteiger partial charge in [-0.2, -0.15) is 5.10 Å². The number of likely N-dealkylation sites (tertiary alicyclic amines) is 1. The molecular weight excluding hydrogens is 238 g/mol. The molecule has 0 spiro atoms. The fourth-order valence-electron chi connectivity index (χ4n) is 3.21. The summed E-state index contributed by atoms with van der Waals surface area (Å²) in [7, 11) is 2.24. The Labute approximate surface area is 115 Å². The molecule has 2 aliphatic heterocycles. The normalized spacial score (nSPS) is 27.3. The van der Waals surface area contributed by atoms with Crippen molar-refractivity contribution in [1.29, 1.82) is 0 Å². The topological polar surface area (TPSA) is 45.1 Å². The van der Waals surface area contributed by atoms with E-state index in [1.807, 2.05) is 0 Å². The molecule has 19 heavy (non-hydrogen) atoms. The van der Waals surface area contributed by atoms with Crippen molar-refractivity contribution in [2.45, 2.75) is 32.4 Å². The minimum atomic E-state index is 0.638. The number of nitrogens with zero attached hydrogens (tertiary/aromatic N) is 3. The molecule has 0 bridgehead atoms. The van der Waals surface area contributed by atoms with Gasteiger partial charge < -0.3 is 15.5 Å². The standard InChI is InChI=1S/C14H25N5/c1-11-6-14-16-8-12(10-19(14)17-11)7-15-9-13-4-3-5-18(13)2/h6,12-13,15-16H,3-5,7-10H2,1-2H3. The number of likely N-dealkylation sites (N-methyl/N-ethyl adjacent to an activating group) is 1. The van der Waals surface area contributed by atoms with Crippen molar-refractivity contribution in [3.63, 3.8) is 0 Å². The Morgan fingerprint density at radius 3 is 3.16 bits per heavy atom. The van der Waals surface area contributed by atoms with E-state index in [0.29, 0.717) is 5.92 Å². The number of rotatable bonds is 4. The van der Waals surface area contributed by atoms with Crippen molar-refractivity contribution < 1.29 is 0 Å². The first kappa shape index (κ1) is 12.9. The van der Waals surface area contributed by atoms with E-state index in [4.69, 9.17) is 0 Å². The van der Waals surface area contributed by atoms with Crippen LogP contribution in [0.2, 0.25) is 0 Å². The van der Waals surface area contributed by atoms with Crippen LogP contribution in [0, 0.1) is 12.8 Å². The molecule has 0 aliphatic carbocycles. The maximum Gasteiger partial charge on any atom is 0.124 e. The number of nitrogens with one attached hydrogen (secondary N) is 2. The molecule has 2 aliphatic rings. The molecule has 2 N–H and O–H groups in total. The fourth-order valence-corrected chi connectivity index (χ4v) is 3.21. The number of hydrogen-bond donors (Lipinski definition) is 2. The number of anilines is 1. The van der Waals surface area contributed by atoms with Gasteiger partial charge in [-0.3, -0.25) is 0 Å². The smallest absolute Gasteiger partial charge is 0.124 e. The Balaban J connectivity index is 1.44. The van der Waals surface area contributed by atoms with Crippen molar-refractivity contribution in [3.8, 4) is 0 Å². The molecule has 5 nitrogen and oxygen atoms in total. The van der Waals surface area contributed by atoms with E-state index < -0.39 is 0 Å². The molecule has 3 rings (SSSR count). The SMILES string of the molecule is Cc1cc2n(n1)CC(CNCC1CCCN1C)CN2. The number of aromatic nitrogens is 2. The maximum absolute atomic E-state index is 4.52. The maximum atomic E-state index is 4.52. The average molecular weight is 263 g/mol.